The summed E-state index contributed by atoms with van der Waals surface area (Å²) in [5.74, 6) is 0.341. The molecule has 5 heteroatoms. The number of ether oxygens (including phenoxy) is 1. The fourth-order valence-electron chi connectivity index (χ4n) is 1.18. The summed E-state index contributed by atoms with van der Waals surface area (Å²) in [5.41, 5.74) is 0. The maximum atomic E-state index is 11.3. The second-order valence-corrected chi connectivity index (χ2v) is 4.17. The van der Waals surface area contributed by atoms with Gasteiger partial charge in [-0.25, -0.2) is 0 Å². The molecule has 0 saturated carbocycles. The summed E-state index contributed by atoms with van der Waals surface area (Å²) < 4.78 is 5.25. The Kier molecular flexibility index (Phi) is 5.80. The lowest BCUT2D eigenvalue weighted by Gasteiger charge is -2.08. The quantitative estimate of drug-likeness (QED) is 0.814. The van der Waals surface area contributed by atoms with Gasteiger partial charge in [-0.3, -0.25) is 4.79 Å². The van der Waals surface area contributed by atoms with E-state index in [1.165, 1.54) is 0 Å². The molecule has 94 valence electrons. The molecule has 1 rings (SSSR count). The van der Waals surface area contributed by atoms with E-state index in [1.54, 1.807) is 31.2 Å². The molecule has 0 aliphatic carbocycles. The van der Waals surface area contributed by atoms with E-state index in [0.717, 1.165) is 0 Å². The molecule has 0 aliphatic rings. The smallest absolute Gasteiger partial charge is 0.257 e. The Morgan fingerprint density at radius 2 is 2.35 bits per heavy atom. The van der Waals surface area contributed by atoms with Crippen molar-refractivity contribution in [2.45, 2.75) is 19.4 Å². The van der Waals surface area contributed by atoms with Crippen LogP contribution < -0.4 is 10.1 Å². The van der Waals surface area contributed by atoms with Crippen molar-refractivity contribution >= 4 is 17.5 Å². The summed E-state index contributed by atoms with van der Waals surface area (Å²) in [6, 6.07) is 6.86. The highest BCUT2D eigenvalue weighted by Gasteiger charge is 2.03. The monoisotopic (exact) mass is 257 g/mol. The lowest BCUT2D eigenvalue weighted by atomic mass is 10.3. The average molecular weight is 258 g/mol. The van der Waals surface area contributed by atoms with E-state index >= 15 is 0 Å². The van der Waals surface area contributed by atoms with Crippen LogP contribution in [0.5, 0.6) is 5.75 Å². The molecule has 0 heterocycles. The molecular weight excluding hydrogens is 242 g/mol. The standard InChI is InChI=1S/C12H16ClNO3/c1-9(15)5-6-14-12(16)8-17-11-4-2-3-10(13)7-11/h2-4,7,9,15H,5-6,8H2,1H3,(H,14,16). The van der Waals surface area contributed by atoms with Crippen LogP contribution in [0.4, 0.5) is 0 Å². The number of rotatable bonds is 6. The van der Waals surface area contributed by atoms with Gasteiger partial charge in [-0.1, -0.05) is 17.7 Å². The second kappa shape index (κ2) is 7.14. The first-order valence-corrected chi connectivity index (χ1v) is 5.79. The molecule has 1 aromatic carbocycles. The second-order valence-electron chi connectivity index (χ2n) is 3.73. The van der Waals surface area contributed by atoms with Crippen molar-refractivity contribution in [2.24, 2.45) is 0 Å². The number of aliphatic hydroxyl groups excluding tert-OH is 1. The third-order valence-electron chi connectivity index (χ3n) is 2.05. The van der Waals surface area contributed by atoms with E-state index in [4.69, 9.17) is 21.4 Å². The minimum absolute atomic E-state index is 0.0554. The van der Waals surface area contributed by atoms with Crippen LogP contribution in [-0.4, -0.2) is 30.3 Å². The van der Waals surface area contributed by atoms with Crippen LogP contribution in [0.1, 0.15) is 13.3 Å². The van der Waals surface area contributed by atoms with E-state index in [9.17, 15) is 4.79 Å². The number of carbonyl (C=O) groups excluding carboxylic acids is 1. The van der Waals surface area contributed by atoms with Crippen molar-refractivity contribution < 1.29 is 14.6 Å². The van der Waals surface area contributed by atoms with Crippen LogP contribution in [0.3, 0.4) is 0 Å². The minimum Gasteiger partial charge on any atom is -0.484 e. The first kappa shape index (κ1) is 13.8. The number of aliphatic hydroxyl groups is 1. The summed E-state index contributed by atoms with van der Waals surface area (Å²) in [6.45, 7) is 2.06. The molecule has 4 nitrogen and oxygen atoms in total. The van der Waals surface area contributed by atoms with Crippen LogP contribution in [0, 0.1) is 0 Å². The normalized spacial score (nSPS) is 11.9. The highest BCUT2D eigenvalue weighted by Crippen LogP contribution is 2.16. The third kappa shape index (κ3) is 6.14. The number of hydrogen-bond acceptors (Lipinski definition) is 3. The molecule has 1 amide bonds. The first-order valence-electron chi connectivity index (χ1n) is 5.41. The van der Waals surface area contributed by atoms with Crippen molar-refractivity contribution in [3.63, 3.8) is 0 Å². The Balaban J connectivity index is 2.24. The topological polar surface area (TPSA) is 58.6 Å². The van der Waals surface area contributed by atoms with Gasteiger partial charge in [-0.15, -0.1) is 0 Å². The van der Waals surface area contributed by atoms with Crippen molar-refractivity contribution in [1.29, 1.82) is 0 Å². The van der Waals surface area contributed by atoms with Crippen LogP contribution in [-0.2, 0) is 4.79 Å². The highest BCUT2D eigenvalue weighted by molar-refractivity contribution is 6.30. The zero-order valence-electron chi connectivity index (χ0n) is 9.65. The van der Waals surface area contributed by atoms with Crippen molar-refractivity contribution in [2.75, 3.05) is 13.2 Å². The van der Waals surface area contributed by atoms with Crippen LogP contribution >= 0.6 is 11.6 Å². The fraction of sp³-hybridized carbons (Fsp3) is 0.417. The molecule has 0 radical (unpaired) electrons. The molecule has 17 heavy (non-hydrogen) atoms. The maximum absolute atomic E-state index is 11.3. The number of carbonyl (C=O) groups is 1. The van der Waals surface area contributed by atoms with E-state index in [0.29, 0.717) is 23.7 Å². The molecule has 1 atom stereocenters. The van der Waals surface area contributed by atoms with Crippen molar-refractivity contribution in [1.82, 2.24) is 5.32 Å². The lowest BCUT2D eigenvalue weighted by molar-refractivity contribution is -0.123. The molecule has 2 N–H and O–H groups in total. The van der Waals surface area contributed by atoms with Gasteiger partial charge in [-0.2, -0.15) is 0 Å². The molecule has 0 spiro atoms. The summed E-state index contributed by atoms with van der Waals surface area (Å²) in [7, 11) is 0. The molecule has 0 fully saturated rings. The van der Waals surface area contributed by atoms with E-state index < -0.39 is 6.10 Å². The number of halogens is 1. The molecule has 1 aromatic rings. The molecule has 1 unspecified atom stereocenters. The van der Waals surface area contributed by atoms with E-state index in [-0.39, 0.29) is 12.5 Å². The summed E-state index contributed by atoms with van der Waals surface area (Å²) >= 11 is 5.77. The van der Waals surface area contributed by atoms with Crippen molar-refractivity contribution in [3.05, 3.63) is 29.3 Å². The predicted octanol–water partition coefficient (Wildman–Crippen LogP) is 1.61. The van der Waals surface area contributed by atoms with Gasteiger partial charge in [0.2, 0.25) is 0 Å². The largest absolute Gasteiger partial charge is 0.484 e. The number of benzene rings is 1. The maximum Gasteiger partial charge on any atom is 0.257 e. The summed E-state index contributed by atoms with van der Waals surface area (Å²) in [5, 5.41) is 12.2. The SMILES string of the molecule is CC(O)CCNC(=O)COc1cccc(Cl)c1. The van der Waals surface area contributed by atoms with Gasteiger partial charge in [0.1, 0.15) is 5.75 Å². The Hall–Kier alpha value is -1.26. The average Bonchev–Trinajstić information content (AvgIpc) is 2.26. The zero-order chi connectivity index (χ0) is 12.7. The van der Waals surface area contributed by atoms with Gasteiger partial charge in [0.25, 0.3) is 5.91 Å². The lowest BCUT2D eigenvalue weighted by Crippen LogP contribution is -2.31. The summed E-state index contributed by atoms with van der Waals surface area (Å²) in [6.07, 6.45) is 0.118. The van der Waals surface area contributed by atoms with E-state index in [1.807, 2.05) is 0 Å². The first-order chi connectivity index (χ1) is 8.08. The van der Waals surface area contributed by atoms with Gasteiger partial charge in [0.05, 0.1) is 6.10 Å². The van der Waals surface area contributed by atoms with Crippen LogP contribution in [0.25, 0.3) is 0 Å². The number of nitrogens with one attached hydrogen (secondary N) is 1. The minimum atomic E-state index is -0.413. The molecule has 0 aliphatic heterocycles. The van der Waals surface area contributed by atoms with Crippen LogP contribution in [0.2, 0.25) is 5.02 Å². The van der Waals surface area contributed by atoms with E-state index in [2.05, 4.69) is 5.32 Å². The fourth-order valence-corrected chi connectivity index (χ4v) is 1.36. The van der Waals surface area contributed by atoms with Gasteiger partial charge in [0.15, 0.2) is 6.61 Å². The molecular formula is C12H16ClNO3. The predicted molar refractivity (Wildman–Crippen MR) is 66.3 cm³/mol. The third-order valence-corrected chi connectivity index (χ3v) is 2.29. The highest BCUT2D eigenvalue weighted by atomic mass is 35.5. The Bertz CT molecular complexity index is 369. The van der Waals surface area contributed by atoms with Crippen LogP contribution in [0.15, 0.2) is 24.3 Å². The Labute approximate surface area is 106 Å². The Morgan fingerprint density at radius 3 is 3.00 bits per heavy atom. The van der Waals surface area contributed by atoms with Gasteiger partial charge < -0.3 is 15.2 Å². The molecule has 0 aromatic heterocycles. The number of amides is 1. The van der Waals surface area contributed by atoms with Gasteiger partial charge in [-0.05, 0) is 31.5 Å². The van der Waals surface area contributed by atoms with Gasteiger partial charge in [0, 0.05) is 11.6 Å². The Morgan fingerprint density at radius 1 is 1.59 bits per heavy atom. The van der Waals surface area contributed by atoms with Gasteiger partial charge >= 0.3 is 0 Å². The zero-order valence-corrected chi connectivity index (χ0v) is 10.4. The molecule has 0 bridgehead atoms. The molecule has 0 saturated heterocycles. The van der Waals surface area contributed by atoms with Crippen molar-refractivity contribution in [3.8, 4) is 5.75 Å². The number of hydrogen-bond donors (Lipinski definition) is 2. The summed E-state index contributed by atoms with van der Waals surface area (Å²) in [4.78, 5) is 11.3.